The Morgan fingerprint density at radius 3 is 2.45 bits per heavy atom. The minimum atomic E-state index is -0.619. The molecule has 0 aliphatic carbocycles. The highest BCUT2D eigenvalue weighted by atomic mass is 16.6. The molecule has 29 heavy (non-hydrogen) atoms. The summed E-state index contributed by atoms with van der Waals surface area (Å²) in [5, 5.41) is 13.8. The van der Waals surface area contributed by atoms with Gasteiger partial charge in [0.05, 0.1) is 16.1 Å². The van der Waals surface area contributed by atoms with E-state index >= 15 is 0 Å². The van der Waals surface area contributed by atoms with Crippen LogP contribution in [-0.4, -0.2) is 64.0 Å². The van der Waals surface area contributed by atoms with E-state index in [1.165, 1.54) is 19.1 Å². The van der Waals surface area contributed by atoms with E-state index in [9.17, 15) is 29.3 Å². The molecule has 0 unspecified atom stereocenters. The van der Waals surface area contributed by atoms with Crippen LogP contribution in [0.2, 0.25) is 0 Å². The largest absolute Gasteiger partial charge is 0.353 e. The molecular formula is C19H22N4O6. The van der Waals surface area contributed by atoms with Crippen molar-refractivity contribution >= 4 is 29.3 Å². The normalized spacial score (nSPS) is 16.7. The molecule has 0 atom stereocenters. The van der Waals surface area contributed by atoms with Gasteiger partial charge < -0.3 is 10.2 Å². The molecule has 2 aliphatic rings. The Kier molecular flexibility index (Phi) is 5.90. The summed E-state index contributed by atoms with van der Waals surface area (Å²) in [5.41, 5.74) is -0.0879. The highest BCUT2D eigenvalue weighted by Crippen LogP contribution is 2.27. The van der Waals surface area contributed by atoms with E-state index < -0.39 is 16.7 Å². The summed E-state index contributed by atoms with van der Waals surface area (Å²) >= 11 is 0. The van der Waals surface area contributed by atoms with E-state index in [1.54, 1.807) is 4.90 Å². The minimum Gasteiger partial charge on any atom is -0.353 e. The van der Waals surface area contributed by atoms with Crippen molar-refractivity contribution in [2.75, 3.05) is 19.6 Å². The third-order valence-corrected chi connectivity index (χ3v) is 5.26. The van der Waals surface area contributed by atoms with Gasteiger partial charge in [-0.3, -0.25) is 34.2 Å². The third kappa shape index (κ3) is 4.41. The zero-order chi connectivity index (χ0) is 21.1. The van der Waals surface area contributed by atoms with Gasteiger partial charge in [-0.1, -0.05) is 0 Å². The van der Waals surface area contributed by atoms with Crippen molar-refractivity contribution in [2.45, 2.75) is 38.6 Å². The summed E-state index contributed by atoms with van der Waals surface area (Å²) in [5.74, 6) is -1.22. The van der Waals surface area contributed by atoms with Gasteiger partial charge >= 0.3 is 0 Å². The van der Waals surface area contributed by atoms with Crippen molar-refractivity contribution < 1.29 is 24.1 Å². The van der Waals surface area contributed by atoms with Crippen molar-refractivity contribution in [3.63, 3.8) is 0 Å². The first kappa shape index (κ1) is 20.4. The Labute approximate surface area is 167 Å². The van der Waals surface area contributed by atoms with Crippen LogP contribution in [0, 0.1) is 10.1 Å². The number of non-ortho nitro benzene ring substituents is 1. The molecule has 0 aromatic heterocycles. The Hall–Kier alpha value is -3.30. The van der Waals surface area contributed by atoms with E-state index in [2.05, 4.69) is 5.32 Å². The smallest absolute Gasteiger partial charge is 0.270 e. The van der Waals surface area contributed by atoms with Gasteiger partial charge in [0.25, 0.3) is 17.5 Å². The van der Waals surface area contributed by atoms with Gasteiger partial charge in [-0.25, -0.2) is 0 Å². The molecule has 1 aromatic carbocycles. The van der Waals surface area contributed by atoms with Crippen LogP contribution < -0.4 is 5.32 Å². The zero-order valence-corrected chi connectivity index (χ0v) is 16.1. The first-order valence-electron chi connectivity index (χ1n) is 9.47. The van der Waals surface area contributed by atoms with Gasteiger partial charge in [0.15, 0.2) is 0 Å². The van der Waals surface area contributed by atoms with E-state index in [1.807, 2.05) is 0 Å². The lowest BCUT2D eigenvalue weighted by Crippen LogP contribution is -2.46. The lowest BCUT2D eigenvalue weighted by atomic mass is 10.0. The summed E-state index contributed by atoms with van der Waals surface area (Å²) in [6.07, 6.45) is 1.84. The summed E-state index contributed by atoms with van der Waals surface area (Å²) in [6, 6.07) is 3.60. The number of piperidine rings is 1. The molecule has 4 amide bonds. The van der Waals surface area contributed by atoms with Crippen LogP contribution in [-0.2, 0) is 9.59 Å². The number of likely N-dealkylation sites (tertiary alicyclic amines) is 1. The van der Waals surface area contributed by atoms with Gasteiger partial charge in [-0.15, -0.1) is 0 Å². The number of nitro benzene ring substituents is 1. The fourth-order valence-electron chi connectivity index (χ4n) is 3.63. The van der Waals surface area contributed by atoms with Crippen LogP contribution in [0.4, 0.5) is 5.69 Å². The maximum Gasteiger partial charge on any atom is 0.270 e. The van der Waals surface area contributed by atoms with Crippen LogP contribution >= 0.6 is 0 Å². The predicted octanol–water partition coefficient (Wildman–Crippen LogP) is 1.10. The van der Waals surface area contributed by atoms with Crippen molar-refractivity contribution in [1.29, 1.82) is 0 Å². The molecule has 154 valence electrons. The van der Waals surface area contributed by atoms with Crippen molar-refractivity contribution in [2.24, 2.45) is 0 Å². The summed E-state index contributed by atoms with van der Waals surface area (Å²) in [6.45, 7) is 2.82. The average Bonchev–Trinajstić information content (AvgIpc) is 2.92. The molecule has 1 fully saturated rings. The molecule has 1 aromatic rings. The van der Waals surface area contributed by atoms with Crippen LogP contribution in [0.3, 0.4) is 0 Å². The number of hydrogen-bond donors (Lipinski definition) is 1. The Balaban J connectivity index is 1.47. The van der Waals surface area contributed by atoms with Crippen molar-refractivity contribution in [3.8, 4) is 0 Å². The fraction of sp³-hybridized carbons (Fsp3) is 0.474. The second-order valence-electron chi connectivity index (χ2n) is 7.20. The molecule has 0 saturated carbocycles. The quantitative estimate of drug-likeness (QED) is 0.431. The zero-order valence-electron chi connectivity index (χ0n) is 16.1. The fourth-order valence-corrected chi connectivity index (χ4v) is 3.63. The molecule has 1 saturated heterocycles. The number of nitro groups is 1. The molecule has 1 N–H and O–H groups in total. The lowest BCUT2D eigenvalue weighted by Gasteiger charge is -2.31. The predicted molar refractivity (Wildman–Crippen MR) is 101 cm³/mol. The first-order valence-corrected chi connectivity index (χ1v) is 9.47. The maximum absolute atomic E-state index is 12.4. The van der Waals surface area contributed by atoms with E-state index in [-0.39, 0.29) is 47.6 Å². The molecule has 0 radical (unpaired) electrons. The Bertz CT molecular complexity index is 875. The Morgan fingerprint density at radius 2 is 1.83 bits per heavy atom. The molecule has 10 heteroatoms. The van der Waals surface area contributed by atoms with E-state index in [4.69, 9.17) is 0 Å². The summed E-state index contributed by atoms with van der Waals surface area (Å²) < 4.78 is 0. The first-order chi connectivity index (χ1) is 13.8. The van der Waals surface area contributed by atoms with Gasteiger partial charge in [-0.2, -0.15) is 0 Å². The monoisotopic (exact) mass is 402 g/mol. The number of fused-ring (bicyclic) bond motifs is 1. The number of imide groups is 1. The topological polar surface area (TPSA) is 130 Å². The molecule has 0 spiro atoms. The minimum absolute atomic E-state index is 0.0120. The second kappa shape index (κ2) is 8.38. The second-order valence-corrected chi connectivity index (χ2v) is 7.20. The summed E-state index contributed by atoms with van der Waals surface area (Å²) in [4.78, 5) is 61.3. The average molecular weight is 402 g/mol. The van der Waals surface area contributed by atoms with Crippen LogP contribution in [0.5, 0.6) is 0 Å². The van der Waals surface area contributed by atoms with Gasteiger partial charge in [0, 0.05) is 51.2 Å². The van der Waals surface area contributed by atoms with Crippen LogP contribution in [0.25, 0.3) is 0 Å². The number of rotatable bonds is 6. The number of nitrogens with zero attached hydrogens (tertiary/aromatic N) is 3. The highest BCUT2D eigenvalue weighted by molar-refractivity contribution is 6.21. The maximum atomic E-state index is 12.4. The van der Waals surface area contributed by atoms with Gasteiger partial charge in [-0.05, 0) is 25.3 Å². The molecule has 2 heterocycles. The number of hydrogen-bond acceptors (Lipinski definition) is 6. The van der Waals surface area contributed by atoms with Gasteiger partial charge in [0.2, 0.25) is 11.8 Å². The van der Waals surface area contributed by atoms with E-state index in [0.29, 0.717) is 32.4 Å². The number of benzene rings is 1. The van der Waals surface area contributed by atoms with E-state index in [0.717, 1.165) is 11.0 Å². The Morgan fingerprint density at radius 1 is 1.17 bits per heavy atom. The number of amides is 4. The lowest BCUT2D eigenvalue weighted by molar-refractivity contribution is -0.384. The number of carbonyl (C=O) groups is 4. The molecular weight excluding hydrogens is 380 g/mol. The van der Waals surface area contributed by atoms with Crippen LogP contribution in [0.1, 0.15) is 53.3 Å². The molecule has 10 nitrogen and oxygen atoms in total. The van der Waals surface area contributed by atoms with Crippen LogP contribution in [0.15, 0.2) is 18.2 Å². The molecule has 2 aliphatic heterocycles. The highest BCUT2D eigenvalue weighted by Gasteiger charge is 2.36. The van der Waals surface area contributed by atoms with Crippen molar-refractivity contribution in [1.82, 2.24) is 15.1 Å². The van der Waals surface area contributed by atoms with Gasteiger partial charge in [0.1, 0.15) is 0 Å². The molecule has 3 rings (SSSR count). The SMILES string of the molecule is CC(=O)N1CCC(NC(=O)CCCN2C(=O)c3ccc([N+](=O)[O-])cc3C2=O)CC1. The standard InChI is InChI=1S/C19H22N4O6/c1-12(24)21-9-6-13(7-10-21)20-17(25)3-2-8-22-18(26)15-5-4-14(23(28)29)11-16(15)19(22)27/h4-5,11,13H,2-3,6-10H2,1H3,(H,20,25). The number of nitrogens with one attached hydrogen (secondary N) is 1. The van der Waals surface area contributed by atoms with Crippen molar-refractivity contribution in [3.05, 3.63) is 39.4 Å². The third-order valence-electron chi connectivity index (χ3n) is 5.26. The molecule has 0 bridgehead atoms. The summed E-state index contributed by atoms with van der Waals surface area (Å²) in [7, 11) is 0. The number of carbonyl (C=O) groups excluding carboxylic acids is 4.